The Labute approximate surface area is 104 Å². The second-order valence-corrected chi connectivity index (χ2v) is 3.80. The highest BCUT2D eigenvalue weighted by Crippen LogP contribution is 2.21. The number of esters is 1. The lowest BCUT2D eigenvalue weighted by atomic mass is 9.98. The Morgan fingerprint density at radius 1 is 1.41 bits per heavy atom. The van der Waals surface area contributed by atoms with Gasteiger partial charge in [-0.3, -0.25) is 0 Å². The van der Waals surface area contributed by atoms with Crippen LogP contribution in [-0.4, -0.2) is 34.4 Å². The van der Waals surface area contributed by atoms with Crippen molar-refractivity contribution in [3.8, 4) is 0 Å². The topological polar surface area (TPSA) is 92.8 Å². The number of nitrogens with two attached hydrogens (primary N) is 1. The summed E-state index contributed by atoms with van der Waals surface area (Å²) in [5.41, 5.74) is 6.19. The van der Waals surface area contributed by atoms with Crippen LogP contribution in [0, 0.1) is 0 Å². The maximum atomic E-state index is 11.1. The van der Waals surface area contributed by atoms with Crippen LogP contribution in [0.5, 0.6) is 0 Å². The Morgan fingerprint density at radius 3 is 2.53 bits per heavy atom. The molecule has 1 rings (SSSR count). The van der Waals surface area contributed by atoms with Gasteiger partial charge in [0.05, 0.1) is 7.11 Å². The summed E-state index contributed by atoms with van der Waals surface area (Å²) in [7, 11) is 1.12. The zero-order valence-electron chi connectivity index (χ0n) is 9.16. The minimum absolute atomic E-state index is 0.0803. The van der Waals surface area contributed by atoms with Gasteiger partial charge in [0.15, 0.2) is 6.10 Å². The largest absolute Gasteiger partial charge is 0.467 e. The standard InChI is InChI=1S/C11H13NO4S/c1-16-11(15)9(14)8(13)6-4-2-3-5-7(6)10(12)17/h2-5,8-9,13-14H,1H3,(H2,12,17). The lowest BCUT2D eigenvalue weighted by Crippen LogP contribution is -2.30. The van der Waals surface area contributed by atoms with E-state index in [1.807, 2.05) is 0 Å². The molecule has 0 spiro atoms. The first-order valence-corrected chi connectivity index (χ1v) is 5.22. The fraction of sp³-hybridized carbons (Fsp3) is 0.273. The molecule has 0 aliphatic rings. The molecule has 4 N–H and O–H groups in total. The van der Waals surface area contributed by atoms with Crippen molar-refractivity contribution in [1.82, 2.24) is 0 Å². The lowest BCUT2D eigenvalue weighted by Gasteiger charge is -2.18. The number of methoxy groups -OCH3 is 1. The number of aliphatic hydroxyl groups is 2. The summed E-state index contributed by atoms with van der Waals surface area (Å²) in [6, 6.07) is 6.47. The Bertz CT molecular complexity index is 435. The number of ether oxygens (including phenoxy) is 1. The molecule has 0 saturated heterocycles. The van der Waals surface area contributed by atoms with E-state index < -0.39 is 18.2 Å². The van der Waals surface area contributed by atoms with E-state index in [2.05, 4.69) is 4.74 Å². The van der Waals surface area contributed by atoms with Crippen molar-refractivity contribution < 1.29 is 19.7 Å². The average Bonchev–Trinajstić information content (AvgIpc) is 2.35. The summed E-state index contributed by atoms with van der Waals surface area (Å²) < 4.78 is 4.34. The van der Waals surface area contributed by atoms with Gasteiger partial charge < -0.3 is 20.7 Å². The average molecular weight is 255 g/mol. The highest BCUT2D eigenvalue weighted by Gasteiger charge is 2.28. The maximum absolute atomic E-state index is 11.1. The second-order valence-electron chi connectivity index (χ2n) is 3.36. The van der Waals surface area contributed by atoms with E-state index in [0.29, 0.717) is 5.56 Å². The first kappa shape index (κ1) is 13.6. The van der Waals surface area contributed by atoms with Crippen LogP contribution in [0.4, 0.5) is 0 Å². The van der Waals surface area contributed by atoms with Gasteiger partial charge in [0, 0.05) is 5.56 Å². The molecular formula is C11H13NO4S. The molecule has 0 heterocycles. The van der Waals surface area contributed by atoms with E-state index in [9.17, 15) is 15.0 Å². The van der Waals surface area contributed by atoms with Gasteiger partial charge in [-0.2, -0.15) is 0 Å². The summed E-state index contributed by atoms with van der Waals surface area (Å²) in [5, 5.41) is 19.4. The molecule has 6 heteroatoms. The third-order valence-corrected chi connectivity index (χ3v) is 2.51. The minimum Gasteiger partial charge on any atom is -0.467 e. The van der Waals surface area contributed by atoms with Crippen LogP contribution in [0.1, 0.15) is 17.2 Å². The van der Waals surface area contributed by atoms with Crippen LogP contribution < -0.4 is 5.73 Å². The zero-order valence-corrected chi connectivity index (χ0v) is 9.98. The molecule has 1 aromatic carbocycles. The molecule has 0 aliphatic carbocycles. The Hall–Kier alpha value is -1.50. The molecule has 0 amide bonds. The molecule has 17 heavy (non-hydrogen) atoms. The molecule has 0 saturated carbocycles. The monoisotopic (exact) mass is 255 g/mol. The van der Waals surface area contributed by atoms with E-state index in [1.54, 1.807) is 18.2 Å². The van der Waals surface area contributed by atoms with Gasteiger partial charge in [-0.1, -0.05) is 36.5 Å². The molecule has 1 aromatic rings. The van der Waals surface area contributed by atoms with Crippen LogP contribution in [0.3, 0.4) is 0 Å². The molecule has 0 aromatic heterocycles. The first-order valence-electron chi connectivity index (χ1n) is 4.81. The van der Waals surface area contributed by atoms with E-state index in [-0.39, 0.29) is 10.6 Å². The van der Waals surface area contributed by atoms with Crippen molar-refractivity contribution in [3.63, 3.8) is 0 Å². The van der Waals surface area contributed by atoms with E-state index in [4.69, 9.17) is 18.0 Å². The summed E-state index contributed by atoms with van der Waals surface area (Å²) in [6.07, 6.45) is -3.10. The number of rotatable bonds is 4. The quantitative estimate of drug-likeness (QED) is 0.513. The number of hydrogen-bond donors (Lipinski definition) is 3. The first-order chi connectivity index (χ1) is 7.99. The van der Waals surface area contributed by atoms with Crippen LogP contribution in [0.2, 0.25) is 0 Å². The number of hydrogen-bond acceptors (Lipinski definition) is 5. The summed E-state index contributed by atoms with van der Waals surface area (Å²) in [5.74, 6) is -0.921. The van der Waals surface area contributed by atoms with Crippen LogP contribution >= 0.6 is 12.2 Å². The number of carbonyl (C=O) groups is 1. The fourth-order valence-corrected chi connectivity index (χ4v) is 1.58. The lowest BCUT2D eigenvalue weighted by molar-refractivity contribution is -0.156. The Kier molecular flexibility index (Phi) is 4.56. The molecule has 2 atom stereocenters. The summed E-state index contributed by atoms with van der Waals surface area (Å²) in [6.45, 7) is 0. The number of aliphatic hydroxyl groups excluding tert-OH is 2. The Morgan fingerprint density at radius 2 is 2.00 bits per heavy atom. The third-order valence-electron chi connectivity index (χ3n) is 2.29. The van der Waals surface area contributed by atoms with Crippen molar-refractivity contribution in [3.05, 3.63) is 35.4 Å². The third kappa shape index (κ3) is 3.00. The maximum Gasteiger partial charge on any atom is 0.337 e. The predicted molar refractivity (Wildman–Crippen MR) is 65.3 cm³/mol. The van der Waals surface area contributed by atoms with Crippen LogP contribution in [-0.2, 0) is 9.53 Å². The van der Waals surface area contributed by atoms with Crippen molar-refractivity contribution in [2.24, 2.45) is 5.73 Å². The second kappa shape index (κ2) is 5.72. The molecule has 0 bridgehead atoms. The highest BCUT2D eigenvalue weighted by molar-refractivity contribution is 7.80. The molecular weight excluding hydrogens is 242 g/mol. The van der Waals surface area contributed by atoms with Crippen molar-refractivity contribution in [2.45, 2.75) is 12.2 Å². The smallest absolute Gasteiger partial charge is 0.337 e. The minimum atomic E-state index is -1.67. The molecule has 5 nitrogen and oxygen atoms in total. The SMILES string of the molecule is COC(=O)C(O)C(O)c1ccccc1C(N)=S. The van der Waals surface area contributed by atoms with Crippen LogP contribution in [0.25, 0.3) is 0 Å². The molecule has 92 valence electrons. The van der Waals surface area contributed by atoms with Gasteiger partial charge in [-0.25, -0.2) is 4.79 Å². The fourth-order valence-electron chi connectivity index (χ4n) is 1.40. The van der Waals surface area contributed by atoms with Crippen molar-refractivity contribution in [2.75, 3.05) is 7.11 Å². The molecule has 0 aliphatic heterocycles. The van der Waals surface area contributed by atoms with Crippen molar-refractivity contribution in [1.29, 1.82) is 0 Å². The van der Waals surface area contributed by atoms with Crippen molar-refractivity contribution >= 4 is 23.2 Å². The van der Waals surface area contributed by atoms with Gasteiger partial charge in [-0.05, 0) is 5.56 Å². The Balaban J connectivity index is 3.07. The van der Waals surface area contributed by atoms with E-state index in [1.165, 1.54) is 6.07 Å². The normalized spacial score (nSPS) is 13.8. The number of thiocarbonyl (C=S) groups is 1. The number of carbonyl (C=O) groups excluding carboxylic acids is 1. The van der Waals surface area contributed by atoms with Crippen LogP contribution in [0.15, 0.2) is 24.3 Å². The van der Waals surface area contributed by atoms with E-state index in [0.717, 1.165) is 7.11 Å². The molecule has 0 radical (unpaired) electrons. The molecule has 0 fully saturated rings. The van der Waals surface area contributed by atoms with Gasteiger partial charge in [0.25, 0.3) is 0 Å². The number of benzene rings is 1. The van der Waals surface area contributed by atoms with Gasteiger partial charge in [0.1, 0.15) is 11.1 Å². The summed E-state index contributed by atoms with van der Waals surface area (Å²) >= 11 is 4.82. The highest BCUT2D eigenvalue weighted by atomic mass is 32.1. The summed E-state index contributed by atoms with van der Waals surface area (Å²) in [4.78, 5) is 11.2. The van der Waals surface area contributed by atoms with Gasteiger partial charge in [-0.15, -0.1) is 0 Å². The zero-order chi connectivity index (χ0) is 13.0. The molecule has 2 unspecified atom stereocenters. The van der Waals surface area contributed by atoms with Gasteiger partial charge in [0.2, 0.25) is 0 Å². The van der Waals surface area contributed by atoms with Gasteiger partial charge >= 0.3 is 5.97 Å². The predicted octanol–water partition coefficient (Wildman–Crippen LogP) is -0.112. The van der Waals surface area contributed by atoms with E-state index >= 15 is 0 Å².